The molecule has 0 saturated carbocycles. The van der Waals surface area contributed by atoms with Crippen LogP contribution in [0.2, 0.25) is 5.02 Å². The van der Waals surface area contributed by atoms with Gasteiger partial charge in [0.05, 0.1) is 17.0 Å². The van der Waals surface area contributed by atoms with Crippen molar-refractivity contribution in [2.24, 2.45) is 0 Å². The lowest BCUT2D eigenvalue weighted by Crippen LogP contribution is -2.46. The zero-order valence-electron chi connectivity index (χ0n) is 15.2. The fourth-order valence-corrected chi connectivity index (χ4v) is 4.12. The van der Waals surface area contributed by atoms with Gasteiger partial charge in [-0.25, -0.2) is 9.97 Å². The second-order valence-corrected chi connectivity index (χ2v) is 7.58. The highest BCUT2D eigenvalue weighted by molar-refractivity contribution is 6.30. The van der Waals surface area contributed by atoms with E-state index in [0.717, 1.165) is 23.4 Å². The Kier molecular flexibility index (Phi) is 4.83. The van der Waals surface area contributed by atoms with Gasteiger partial charge < -0.3 is 9.80 Å². The summed E-state index contributed by atoms with van der Waals surface area (Å²) in [4.78, 5) is 36.9. The molecular formula is C20H21ClN4O2. The van der Waals surface area contributed by atoms with Crippen molar-refractivity contribution >= 4 is 29.7 Å². The molecule has 0 spiro atoms. The highest BCUT2D eigenvalue weighted by Crippen LogP contribution is 2.34. The zero-order chi connectivity index (χ0) is 19.0. The third-order valence-electron chi connectivity index (χ3n) is 5.37. The standard InChI is InChI=1S/C20H21ClN4O2/c1-13-19-17(23-20(22-13)25-7-5-24(12-26)6-8-25)10-15(11-18(19)27)14-3-2-4-16(21)9-14/h2-4,9,12,15H,5-8,10-11H2,1H3. The maximum Gasteiger partial charge on any atom is 0.225 e. The Morgan fingerprint density at radius 2 is 1.93 bits per heavy atom. The molecule has 1 aromatic carbocycles. The van der Waals surface area contributed by atoms with Gasteiger partial charge in [0, 0.05) is 37.6 Å². The van der Waals surface area contributed by atoms with E-state index >= 15 is 0 Å². The van der Waals surface area contributed by atoms with Crippen molar-refractivity contribution in [3.8, 4) is 0 Å². The van der Waals surface area contributed by atoms with Gasteiger partial charge in [-0.2, -0.15) is 0 Å². The number of Topliss-reactive ketones (excluding diaryl/α,β-unsaturated/α-hetero) is 1. The minimum absolute atomic E-state index is 0.0813. The van der Waals surface area contributed by atoms with Crippen LogP contribution in [-0.2, 0) is 11.2 Å². The molecule has 0 N–H and O–H groups in total. The van der Waals surface area contributed by atoms with Crippen LogP contribution < -0.4 is 4.90 Å². The van der Waals surface area contributed by atoms with Gasteiger partial charge in [-0.1, -0.05) is 23.7 Å². The molecule has 1 atom stereocenters. The number of anilines is 1. The summed E-state index contributed by atoms with van der Waals surface area (Å²) in [7, 11) is 0. The van der Waals surface area contributed by atoms with Crippen LogP contribution in [0.15, 0.2) is 24.3 Å². The molecule has 27 heavy (non-hydrogen) atoms. The first-order valence-corrected chi connectivity index (χ1v) is 9.53. The summed E-state index contributed by atoms with van der Waals surface area (Å²) in [5.41, 5.74) is 3.29. The lowest BCUT2D eigenvalue weighted by Gasteiger charge is -2.33. The van der Waals surface area contributed by atoms with Gasteiger partial charge in [-0.05, 0) is 37.0 Å². The summed E-state index contributed by atoms with van der Waals surface area (Å²) in [6.45, 7) is 4.59. The number of fused-ring (bicyclic) bond motifs is 1. The first-order chi connectivity index (χ1) is 13.0. The molecule has 7 heteroatoms. The number of carbonyl (C=O) groups excluding carboxylic acids is 2. The SMILES string of the molecule is Cc1nc(N2CCN(C=O)CC2)nc2c1C(=O)CC(c1cccc(Cl)c1)C2. The maximum atomic E-state index is 12.8. The Labute approximate surface area is 163 Å². The second-order valence-electron chi connectivity index (χ2n) is 7.14. The first kappa shape index (κ1) is 17.9. The fourth-order valence-electron chi connectivity index (χ4n) is 3.92. The molecule has 1 fully saturated rings. The number of piperazine rings is 1. The minimum atomic E-state index is 0.0813. The quantitative estimate of drug-likeness (QED) is 0.761. The van der Waals surface area contributed by atoms with Gasteiger partial charge in [-0.15, -0.1) is 0 Å². The topological polar surface area (TPSA) is 66.4 Å². The summed E-state index contributed by atoms with van der Waals surface area (Å²) in [5.74, 6) is 0.824. The van der Waals surface area contributed by atoms with Crippen LogP contribution in [0.5, 0.6) is 0 Å². The normalized spacial score (nSPS) is 19.8. The van der Waals surface area contributed by atoms with E-state index in [1.807, 2.05) is 31.2 Å². The minimum Gasteiger partial charge on any atom is -0.342 e. The predicted molar refractivity (Wildman–Crippen MR) is 103 cm³/mol. The van der Waals surface area contributed by atoms with Gasteiger partial charge in [0.25, 0.3) is 0 Å². The summed E-state index contributed by atoms with van der Waals surface area (Å²) in [6.07, 6.45) is 2.03. The molecule has 0 radical (unpaired) electrons. The molecule has 2 aliphatic rings. The van der Waals surface area contributed by atoms with Crippen LogP contribution in [0.1, 0.15) is 39.6 Å². The van der Waals surface area contributed by atoms with Crippen LogP contribution >= 0.6 is 11.6 Å². The Hall–Kier alpha value is -2.47. The monoisotopic (exact) mass is 384 g/mol. The van der Waals surface area contributed by atoms with Crippen molar-refractivity contribution in [1.82, 2.24) is 14.9 Å². The van der Waals surface area contributed by atoms with Gasteiger partial charge in [0.15, 0.2) is 5.78 Å². The molecule has 6 nitrogen and oxygen atoms in total. The molecule has 1 saturated heterocycles. The Morgan fingerprint density at radius 1 is 1.15 bits per heavy atom. The number of rotatable bonds is 3. The highest BCUT2D eigenvalue weighted by Gasteiger charge is 2.31. The van der Waals surface area contributed by atoms with Crippen LogP contribution in [0, 0.1) is 6.92 Å². The fraction of sp³-hybridized carbons (Fsp3) is 0.400. The molecule has 0 bridgehead atoms. The van der Waals surface area contributed by atoms with Gasteiger partial charge in [0.2, 0.25) is 12.4 Å². The molecule has 1 amide bonds. The number of hydrogen-bond acceptors (Lipinski definition) is 5. The van der Waals surface area contributed by atoms with Crippen molar-refractivity contribution in [3.63, 3.8) is 0 Å². The number of nitrogens with zero attached hydrogens (tertiary/aromatic N) is 4. The van der Waals surface area contributed by atoms with Gasteiger partial charge >= 0.3 is 0 Å². The number of benzene rings is 1. The van der Waals surface area contributed by atoms with Crippen LogP contribution in [0.4, 0.5) is 5.95 Å². The van der Waals surface area contributed by atoms with Crippen LogP contribution in [0.25, 0.3) is 0 Å². The second kappa shape index (κ2) is 7.27. The average Bonchev–Trinajstić information content (AvgIpc) is 2.67. The van der Waals surface area contributed by atoms with Crippen molar-refractivity contribution < 1.29 is 9.59 Å². The van der Waals surface area contributed by atoms with E-state index in [9.17, 15) is 9.59 Å². The molecular weight excluding hydrogens is 364 g/mol. The van der Waals surface area contributed by atoms with Crippen molar-refractivity contribution in [1.29, 1.82) is 0 Å². The van der Waals surface area contributed by atoms with E-state index in [-0.39, 0.29) is 11.7 Å². The maximum absolute atomic E-state index is 12.8. The van der Waals surface area contributed by atoms with Crippen molar-refractivity contribution in [3.05, 3.63) is 51.8 Å². The van der Waals surface area contributed by atoms with E-state index in [4.69, 9.17) is 16.6 Å². The number of hydrogen-bond donors (Lipinski definition) is 0. The number of aryl methyl sites for hydroxylation is 1. The smallest absolute Gasteiger partial charge is 0.225 e. The summed E-state index contributed by atoms with van der Waals surface area (Å²) in [5, 5.41) is 0.679. The lowest BCUT2D eigenvalue weighted by atomic mass is 9.81. The van der Waals surface area contributed by atoms with E-state index in [0.29, 0.717) is 55.6 Å². The molecule has 1 aromatic heterocycles. The Bertz CT molecular complexity index is 894. The highest BCUT2D eigenvalue weighted by atomic mass is 35.5. The summed E-state index contributed by atoms with van der Waals surface area (Å²) < 4.78 is 0. The van der Waals surface area contributed by atoms with Gasteiger partial charge in [-0.3, -0.25) is 9.59 Å². The van der Waals surface area contributed by atoms with Crippen molar-refractivity contribution in [2.45, 2.75) is 25.7 Å². The molecule has 2 heterocycles. The molecule has 1 aliphatic heterocycles. The van der Waals surface area contributed by atoms with E-state index in [2.05, 4.69) is 9.88 Å². The number of halogens is 1. The number of aromatic nitrogens is 2. The number of amides is 1. The molecule has 4 rings (SSSR count). The lowest BCUT2D eigenvalue weighted by molar-refractivity contribution is -0.118. The van der Waals surface area contributed by atoms with Crippen LogP contribution in [-0.4, -0.2) is 53.2 Å². The summed E-state index contributed by atoms with van der Waals surface area (Å²) in [6, 6.07) is 7.70. The number of ketones is 1. The first-order valence-electron chi connectivity index (χ1n) is 9.15. The Balaban J connectivity index is 1.63. The Morgan fingerprint density at radius 3 is 2.63 bits per heavy atom. The zero-order valence-corrected chi connectivity index (χ0v) is 15.9. The third-order valence-corrected chi connectivity index (χ3v) is 5.60. The largest absolute Gasteiger partial charge is 0.342 e. The van der Waals surface area contributed by atoms with Crippen molar-refractivity contribution in [2.75, 3.05) is 31.1 Å². The molecule has 140 valence electrons. The molecule has 1 aliphatic carbocycles. The van der Waals surface area contributed by atoms with Gasteiger partial charge in [0.1, 0.15) is 0 Å². The predicted octanol–water partition coefficient (Wildman–Crippen LogP) is 2.63. The van der Waals surface area contributed by atoms with E-state index in [1.165, 1.54) is 0 Å². The molecule has 2 aromatic rings. The molecule has 1 unspecified atom stereocenters. The average molecular weight is 385 g/mol. The third kappa shape index (κ3) is 3.54. The van der Waals surface area contributed by atoms with E-state index in [1.54, 1.807) is 4.90 Å². The van der Waals surface area contributed by atoms with Crippen LogP contribution in [0.3, 0.4) is 0 Å². The summed E-state index contributed by atoms with van der Waals surface area (Å²) >= 11 is 6.13. The number of carbonyl (C=O) groups is 2. The van der Waals surface area contributed by atoms with E-state index < -0.39 is 0 Å².